The Morgan fingerprint density at radius 3 is 2.39 bits per heavy atom. The Morgan fingerprint density at radius 2 is 1.68 bits per heavy atom. The van der Waals surface area contributed by atoms with Crippen LogP contribution in [0.1, 0.15) is 58.7 Å². The van der Waals surface area contributed by atoms with Gasteiger partial charge < -0.3 is 4.42 Å². The summed E-state index contributed by atoms with van der Waals surface area (Å²) >= 11 is 0. The maximum atomic E-state index is 13.5. The van der Waals surface area contributed by atoms with Crippen LogP contribution in [0.15, 0.2) is 75.9 Å². The molecule has 0 aliphatic carbocycles. The third-order valence-corrected chi connectivity index (χ3v) is 5.82. The van der Waals surface area contributed by atoms with E-state index in [0.29, 0.717) is 28.3 Å². The predicted octanol–water partition coefficient (Wildman–Crippen LogP) is 5.37. The highest BCUT2D eigenvalue weighted by atomic mass is 16.3. The van der Waals surface area contributed by atoms with Crippen molar-refractivity contribution in [3.63, 3.8) is 0 Å². The maximum absolute atomic E-state index is 13.5. The molecule has 0 fully saturated rings. The highest BCUT2D eigenvalue weighted by Crippen LogP contribution is 2.40. The molecule has 154 valence electrons. The van der Waals surface area contributed by atoms with E-state index in [1.54, 1.807) is 35.2 Å². The molecule has 5 rings (SSSR count). The molecular formula is C26H22N2O3. The van der Waals surface area contributed by atoms with Crippen LogP contribution in [0.3, 0.4) is 0 Å². The van der Waals surface area contributed by atoms with Crippen molar-refractivity contribution in [2.45, 2.75) is 32.7 Å². The molecule has 0 N–H and O–H groups in total. The lowest BCUT2D eigenvalue weighted by Crippen LogP contribution is -2.30. The van der Waals surface area contributed by atoms with Gasteiger partial charge in [-0.1, -0.05) is 56.3 Å². The second-order valence-electron chi connectivity index (χ2n) is 8.21. The third-order valence-electron chi connectivity index (χ3n) is 5.82. The molecule has 0 saturated heterocycles. The van der Waals surface area contributed by atoms with Gasteiger partial charge in [0.05, 0.1) is 17.0 Å². The Morgan fingerprint density at radius 1 is 0.935 bits per heavy atom. The van der Waals surface area contributed by atoms with E-state index >= 15 is 0 Å². The van der Waals surface area contributed by atoms with E-state index in [1.165, 1.54) is 5.56 Å². The van der Waals surface area contributed by atoms with E-state index in [2.05, 4.69) is 18.8 Å². The molecule has 2 aromatic carbocycles. The lowest BCUT2D eigenvalue weighted by atomic mass is 9.95. The number of benzene rings is 2. The number of anilines is 1. The number of rotatable bonds is 3. The lowest BCUT2D eigenvalue weighted by molar-refractivity contribution is 0.0970. The van der Waals surface area contributed by atoms with Crippen molar-refractivity contribution >= 4 is 22.7 Å². The SMILES string of the molecule is Cc1cccc(N2C(=O)c3oc4ccccc4c(=O)c3[C@H]2c2ccc(C(C)C)cc2)n1. The van der Waals surface area contributed by atoms with Crippen molar-refractivity contribution in [2.24, 2.45) is 0 Å². The molecule has 0 unspecified atom stereocenters. The molecular weight excluding hydrogens is 388 g/mol. The van der Waals surface area contributed by atoms with Crippen LogP contribution in [0.2, 0.25) is 0 Å². The quantitative estimate of drug-likeness (QED) is 0.455. The zero-order chi connectivity index (χ0) is 21.7. The number of carbonyl (C=O) groups excluding carboxylic acids is 1. The van der Waals surface area contributed by atoms with Crippen LogP contribution in [0, 0.1) is 6.92 Å². The van der Waals surface area contributed by atoms with Gasteiger partial charge in [-0.05, 0) is 48.2 Å². The second-order valence-corrected chi connectivity index (χ2v) is 8.21. The van der Waals surface area contributed by atoms with Crippen molar-refractivity contribution in [3.05, 3.63) is 105 Å². The van der Waals surface area contributed by atoms with E-state index in [0.717, 1.165) is 11.3 Å². The van der Waals surface area contributed by atoms with Gasteiger partial charge in [0.1, 0.15) is 11.4 Å². The van der Waals surface area contributed by atoms with E-state index < -0.39 is 6.04 Å². The molecule has 0 radical (unpaired) electrons. The van der Waals surface area contributed by atoms with Gasteiger partial charge in [0.2, 0.25) is 5.76 Å². The van der Waals surface area contributed by atoms with Crippen molar-refractivity contribution in [3.8, 4) is 0 Å². The van der Waals surface area contributed by atoms with Crippen molar-refractivity contribution in [2.75, 3.05) is 4.90 Å². The van der Waals surface area contributed by atoms with Gasteiger partial charge in [-0.15, -0.1) is 0 Å². The van der Waals surface area contributed by atoms with Crippen LogP contribution in [0.25, 0.3) is 11.0 Å². The normalized spacial score (nSPS) is 15.7. The fraction of sp³-hybridized carbons (Fsp3) is 0.192. The Hall–Kier alpha value is -3.73. The number of aromatic nitrogens is 1. The first-order chi connectivity index (χ1) is 15.0. The molecule has 4 aromatic rings. The van der Waals surface area contributed by atoms with Crippen molar-refractivity contribution in [1.82, 2.24) is 4.98 Å². The van der Waals surface area contributed by atoms with Gasteiger partial charge in [-0.25, -0.2) is 4.98 Å². The molecule has 1 aliphatic heterocycles. The summed E-state index contributed by atoms with van der Waals surface area (Å²) in [6, 6.07) is 20.0. The first-order valence-corrected chi connectivity index (χ1v) is 10.4. The zero-order valence-electron chi connectivity index (χ0n) is 17.6. The third kappa shape index (κ3) is 3.05. The first kappa shape index (κ1) is 19.2. The molecule has 5 nitrogen and oxygen atoms in total. The van der Waals surface area contributed by atoms with Crippen LogP contribution >= 0.6 is 0 Å². The summed E-state index contributed by atoms with van der Waals surface area (Å²) in [6.45, 7) is 6.14. The number of nitrogens with zero attached hydrogens (tertiary/aromatic N) is 2. The number of pyridine rings is 1. The number of aryl methyl sites for hydroxylation is 1. The summed E-state index contributed by atoms with van der Waals surface area (Å²) in [6.07, 6.45) is 0. The Bertz CT molecular complexity index is 1370. The van der Waals surface area contributed by atoms with E-state index in [-0.39, 0.29) is 17.1 Å². The highest BCUT2D eigenvalue weighted by molar-refractivity contribution is 6.10. The van der Waals surface area contributed by atoms with E-state index in [9.17, 15) is 9.59 Å². The zero-order valence-corrected chi connectivity index (χ0v) is 17.6. The molecule has 0 spiro atoms. The summed E-state index contributed by atoms with van der Waals surface area (Å²) in [4.78, 5) is 33.2. The van der Waals surface area contributed by atoms with Gasteiger partial charge in [0, 0.05) is 5.69 Å². The fourth-order valence-corrected chi connectivity index (χ4v) is 4.20. The molecule has 5 heteroatoms. The standard InChI is InChI=1S/C26H22N2O3/c1-15(2)17-11-13-18(14-12-17)23-22-24(29)19-8-4-5-9-20(19)31-25(22)26(30)28(23)21-10-6-7-16(3)27-21/h4-15,23H,1-3H3/t23-/m1/s1. The molecule has 1 atom stereocenters. The monoisotopic (exact) mass is 410 g/mol. The Labute approximate surface area is 180 Å². The predicted molar refractivity (Wildman–Crippen MR) is 121 cm³/mol. The van der Waals surface area contributed by atoms with Gasteiger partial charge >= 0.3 is 0 Å². The molecule has 1 amide bonds. The first-order valence-electron chi connectivity index (χ1n) is 10.4. The highest BCUT2D eigenvalue weighted by Gasteiger charge is 2.44. The van der Waals surface area contributed by atoms with Crippen LogP contribution in [0.4, 0.5) is 5.82 Å². The number of hydrogen-bond acceptors (Lipinski definition) is 4. The Kier molecular flexibility index (Phi) is 4.47. The average molecular weight is 410 g/mol. The van der Waals surface area contributed by atoms with E-state index in [4.69, 9.17) is 4.42 Å². The minimum Gasteiger partial charge on any atom is -0.450 e. The largest absolute Gasteiger partial charge is 0.450 e. The molecule has 2 aromatic heterocycles. The van der Waals surface area contributed by atoms with E-state index in [1.807, 2.05) is 43.3 Å². The molecule has 0 bridgehead atoms. The average Bonchev–Trinajstić information content (AvgIpc) is 3.06. The second kappa shape index (κ2) is 7.20. The van der Waals surface area contributed by atoms with Gasteiger partial charge in [-0.3, -0.25) is 14.5 Å². The van der Waals surface area contributed by atoms with Crippen molar-refractivity contribution in [1.29, 1.82) is 0 Å². The number of amides is 1. The number of para-hydroxylation sites is 1. The summed E-state index contributed by atoms with van der Waals surface area (Å²) in [5, 5.41) is 0.469. The van der Waals surface area contributed by atoms with Crippen LogP contribution in [-0.2, 0) is 0 Å². The minimum absolute atomic E-state index is 0.0879. The summed E-state index contributed by atoms with van der Waals surface area (Å²) < 4.78 is 5.97. The van der Waals surface area contributed by atoms with Gasteiger partial charge in [0.25, 0.3) is 5.91 Å². The summed E-state index contributed by atoms with van der Waals surface area (Å²) in [5.41, 5.74) is 3.43. The summed E-state index contributed by atoms with van der Waals surface area (Å²) in [5.74, 6) is 0.617. The van der Waals surface area contributed by atoms with Gasteiger partial charge in [0.15, 0.2) is 5.43 Å². The fourth-order valence-electron chi connectivity index (χ4n) is 4.20. The number of carbonyl (C=O) groups is 1. The van der Waals surface area contributed by atoms with Gasteiger partial charge in [-0.2, -0.15) is 0 Å². The van der Waals surface area contributed by atoms with Crippen molar-refractivity contribution < 1.29 is 9.21 Å². The Balaban J connectivity index is 1.78. The number of fused-ring (bicyclic) bond motifs is 2. The maximum Gasteiger partial charge on any atom is 0.296 e. The molecule has 3 heterocycles. The molecule has 1 aliphatic rings. The number of hydrogen-bond donors (Lipinski definition) is 0. The smallest absolute Gasteiger partial charge is 0.296 e. The molecule has 31 heavy (non-hydrogen) atoms. The van der Waals surface area contributed by atoms with Crippen LogP contribution in [-0.4, -0.2) is 10.9 Å². The molecule has 0 saturated carbocycles. The summed E-state index contributed by atoms with van der Waals surface area (Å²) in [7, 11) is 0. The lowest BCUT2D eigenvalue weighted by Gasteiger charge is -2.24. The van der Waals surface area contributed by atoms with Crippen LogP contribution in [0.5, 0.6) is 0 Å². The topological polar surface area (TPSA) is 63.4 Å². The minimum atomic E-state index is -0.598. The van der Waals surface area contributed by atoms with Crippen LogP contribution < -0.4 is 10.3 Å².